The summed E-state index contributed by atoms with van der Waals surface area (Å²) in [5.41, 5.74) is 2.25. The van der Waals surface area contributed by atoms with E-state index in [-0.39, 0.29) is 17.9 Å². The molecule has 2 atom stereocenters. The van der Waals surface area contributed by atoms with E-state index < -0.39 is 23.8 Å². The van der Waals surface area contributed by atoms with E-state index in [0.717, 1.165) is 35.3 Å². The van der Waals surface area contributed by atoms with Crippen molar-refractivity contribution in [1.29, 1.82) is 0 Å². The van der Waals surface area contributed by atoms with E-state index in [9.17, 15) is 17.6 Å². The molecule has 2 aliphatic rings. The Bertz CT molecular complexity index is 1000. The molecule has 0 aliphatic carbocycles. The van der Waals surface area contributed by atoms with Crippen LogP contribution in [0.4, 0.5) is 17.6 Å². The molecule has 0 radical (unpaired) electrons. The maximum absolute atomic E-state index is 14.6. The molecular formula is C26H29F4NO2S2. The Morgan fingerprint density at radius 3 is 2.54 bits per heavy atom. The fourth-order valence-corrected chi connectivity index (χ4v) is 7.83. The van der Waals surface area contributed by atoms with Gasteiger partial charge in [0.25, 0.3) is 6.08 Å². The van der Waals surface area contributed by atoms with Crippen LogP contribution < -0.4 is 4.74 Å². The molecule has 2 aliphatic heterocycles. The van der Waals surface area contributed by atoms with Crippen molar-refractivity contribution >= 4 is 23.5 Å². The van der Waals surface area contributed by atoms with Gasteiger partial charge in [-0.3, -0.25) is 4.98 Å². The van der Waals surface area contributed by atoms with Crippen LogP contribution in [-0.2, 0) is 11.2 Å². The third kappa shape index (κ3) is 6.74. The molecule has 0 amide bonds. The summed E-state index contributed by atoms with van der Waals surface area (Å²) < 4.78 is 64.7. The van der Waals surface area contributed by atoms with E-state index in [2.05, 4.69) is 4.98 Å². The minimum atomic E-state index is -1.64. The van der Waals surface area contributed by atoms with Crippen LogP contribution in [-0.4, -0.2) is 34.3 Å². The minimum Gasteiger partial charge on any atom is -0.491 e. The van der Waals surface area contributed by atoms with Crippen molar-refractivity contribution in [3.63, 3.8) is 0 Å². The second-order valence-electron chi connectivity index (χ2n) is 8.73. The molecule has 3 heterocycles. The molecule has 1 aromatic heterocycles. The lowest BCUT2D eigenvalue weighted by molar-refractivity contribution is -0.0151. The van der Waals surface area contributed by atoms with Gasteiger partial charge in [-0.2, -0.15) is 13.2 Å². The fraction of sp³-hybridized carbons (Fsp3) is 0.500. The molecule has 0 bridgehead atoms. The predicted molar refractivity (Wildman–Crippen MR) is 133 cm³/mol. The Morgan fingerprint density at radius 2 is 1.91 bits per heavy atom. The van der Waals surface area contributed by atoms with Gasteiger partial charge in [0.15, 0.2) is 11.6 Å². The molecule has 0 saturated carbocycles. The quantitative estimate of drug-likeness (QED) is 0.331. The van der Waals surface area contributed by atoms with Gasteiger partial charge in [0, 0.05) is 40.8 Å². The summed E-state index contributed by atoms with van der Waals surface area (Å²) >= 11 is 3.81. The highest BCUT2D eigenvalue weighted by Crippen LogP contribution is 2.45. The van der Waals surface area contributed by atoms with Crippen LogP contribution >= 0.6 is 23.5 Å². The molecule has 3 nitrogen and oxygen atoms in total. The zero-order valence-corrected chi connectivity index (χ0v) is 21.2. The first-order valence-corrected chi connectivity index (χ1v) is 14.0. The van der Waals surface area contributed by atoms with Gasteiger partial charge in [-0.15, -0.1) is 23.5 Å². The van der Waals surface area contributed by atoms with E-state index in [0.29, 0.717) is 42.3 Å². The van der Waals surface area contributed by atoms with E-state index in [4.69, 9.17) is 9.47 Å². The first kappa shape index (κ1) is 26.4. The Labute approximate surface area is 212 Å². The fourth-order valence-electron chi connectivity index (χ4n) is 4.43. The highest BCUT2D eigenvalue weighted by Gasteiger charge is 2.34. The summed E-state index contributed by atoms with van der Waals surface area (Å²) in [5.74, 6) is 0.714. The summed E-state index contributed by atoms with van der Waals surface area (Å²) in [5, 5.41) is 0. The van der Waals surface area contributed by atoms with Crippen LogP contribution in [0.25, 0.3) is 0 Å². The minimum absolute atomic E-state index is 0.0690. The number of benzene rings is 1. The van der Waals surface area contributed by atoms with Crippen molar-refractivity contribution in [2.45, 2.75) is 49.2 Å². The molecular weight excluding hydrogens is 498 g/mol. The highest BCUT2D eigenvalue weighted by atomic mass is 32.2. The number of halogens is 4. The third-order valence-electron chi connectivity index (χ3n) is 6.34. The summed E-state index contributed by atoms with van der Waals surface area (Å²) in [6.45, 7) is 2.53. The summed E-state index contributed by atoms with van der Waals surface area (Å²) in [6, 6.07) is 7.03. The van der Waals surface area contributed by atoms with Gasteiger partial charge in [-0.05, 0) is 62.4 Å². The summed E-state index contributed by atoms with van der Waals surface area (Å²) in [4.78, 5) is 4.58. The lowest BCUT2D eigenvalue weighted by Crippen LogP contribution is -2.30. The molecule has 190 valence electrons. The normalized spacial score (nSPS) is 24.7. The lowest BCUT2D eigenvalue weighted by atomic mass is 9.95. The number of hydrogen-bond donors (Lipinski definition) is 0. The second kappa shape index (κ2) is 12.5. The summed E-state index contributed by atoms with van der Waals surface area (Å²) in [6.07, 6.45) is 3.06. The van der Waals surface area contributed by atoms with Crippen LogP contribution in [0, 0.1) is 17.6 Å². The van der Waals surface area contributed by atoms with E-state index >= 15 is 0 Å². The maximum Gasteiger partial charge on any atom is 0.266 e. The van der Waals surface area contributed by atoms with Gasteiger partial charge in [0.2, 0.25) is 5.82 Å². The van der Waals surface area contributed by atoms with E-state index in [1.807, 2.05) is 35.7 Å². The first-order valence-electron chi connectivity index (χ1n) is 11.9. The molecule has 35 heavy (non-hydrogen) atoms. The molecule has 0 N–H and O–H groups in total. The number of aromatic nitrogens is 1. The van der Waals surface area contributed by atoms with Gasteiger partial charge in [0.05, 0.1) is 23.9 Å². The van der Waals surface area contributed by atoms with Gasteiger partial charge in [-0.1, -0.05) is 6.07 Å². The largest absolute Gasteiger partial charge is 0.491 e. The number of rotatable bonds is 8. The van der Waals surface area contributed by atoms with Crippen molar-refractivity contribution in [2.24, 2.45) is 5.92 Å². The monoisotopic (exact) mass is 527 g/mol. The Morgan fingerprint density at radius 1 is 1.11 bits per heavy atom. The smallest absolute Gasteiger partial charge is 0.266 e. The van der Waals surface area contributed by atoms with Crippen molar-refractivity contribution < 1.29 is 27.0 Å². The molecule has 9 heteroatoms. The number of allylic oxidation sites excluding steroid dienone is 1. The van der Waals surface area contributed by atoms with E-state index in [1.54, 1.807) is 19.2 Å². The second-order valence-corrected chi connectivity index (χ2v) is 11.4. The van der Waals surface area contributed by atoms with Crippen LogP contribution in [0.3, 0.4) is 0 Å². The first-order chi connectivity index (χ1) is 17.0. The van der Waals surface area contributed by atoms with Crippen molar-refractivity contribution in [3.05, 3.63) is 71.1 Å². The van der Waals surface area contributed by atoms with Crippen LogP contribution in [0.15, 0.2) is 42.6 Å². The standard InChI is InChI=1S/C26H29F4NO2S2/c1-2-32-22-11-8-19(24(29)25(22)30)21-10-7-17(13-33-21)26-34-14-18(15-35-26)20-9-6-16(12-31-20)4-3-5-23(27)28/h5-6,8-9,11-12,17-18,21,26H,2-4,7,10,13-15H2,1H3/t17?,18?,21-,26?/m0/s1. The van der Waals surface area contributed by atoms with Crippen molar-refractivity contribution in [2.75, 3.05) is 24.7 Å². The lowest BCUT2D eigenvalue weighted by Gasteiger charge is -2.37. The SMILES string of the molecule is CCOc1ccc([C@@H]2CCC(C3SCC(c4ccc(CCC=C(F)F)cn4)CS3)CO2)c(F)c1F. The Kier molecular flexibility index (Phi) is 9.41. The Balaban J connectivity index is 1.25. The molecule has 1 aromatic carbocycles. The summed E-state index contributed by atoms with van der Waals surface area (Å²) in [7, 11) is 0. The number of hydrogen-bond acceptors (Lipinski definition) is 5. The molecule has 0 spiro atoms. The van der Waals surface area contributed by atoms with Gasteiger partial charge in [0.1, 0.15) is 0 Å². The van der Waals surface area contributed by atoms with E-state index in [1.165, 1.54) is 6.07 Å². The van der Waals surface area contributed by atoms with Gasteiger partial charge >= 0.3 is 0 Å². The average molecular weight is 528 g/mol. The number of ether oxygens (including phenoxy) is 2. The number of aryl methyl sites for hydroxylation is 1. The zero-order valence-electron chi connectivity index (χ0n) is 19.5. The Hall–Kier alpha value is -1.71. The predicted octanol–water partition coefficient (Wildman–Crippen LogP) is 7.53. The van der Waals surface area contributed by atoms with Crippen molar-refractivity contribution in [3.8, 4) is 5.75 Å². The molecule has 2 saturated heterocycles. The maximum atomic E-state index is 14.6. The molecule has 4 rings (SSSR count). The molecule has 2 fully saturated rings. The van der Waals surface area contributed by atoms with Crippen LogP contribution in [0.1, 0.15) is 55.0 Å². The van der Waals surface area contributed by atoms with Gasteiger partial charge in [-0.25, -0.2) is 4.39 Å². The van der Waals surface area contributed by atoms with Crippen LogP contribution in [0.5, 0.6) is 5.75 Å². The van der Waals surface area contributed by atoms with Crippen LogP contribution in [0.2, 0.25) is 0 Å². The number of nitrogens with zero attached hydrogens (tertiary/aromatic N) is 1. The number of thioether (sulfide) groups is 2. The average Bonchev–Trinajstić information content (AvgIpc) is 2.88. The van der Waals surface area contributed by atoms with Crippen molar-refractivity contribution in [1.82, 2.24) is 4.98 Å². The third-order valence-corrected chi connectivity index (χ3v) is 9.77. The topological polar surface area (TPSA) is 31.4 Å². The molecule has 1 unspecified atom stereocenters. The zero-order chi connectivity index (χ0) is 24.8. The molecule has 2 aromatic rings. The number of pyridine rings is 1. The van der Waals surface area contributed by atoms with Gasteiger partial charge < -0.3 is 9.47 Å². The highest BCUT2D eigenvalue weighted by molar-refractivity contribution is 8.17.